The van der Waals surface area contributed by atoms with Gasteiger partial charge in [0.25, 0.3) is 0 Å². The molecule has 0 bridgehead atoms. The van der Waals surface area contributed by atoms with E-state index >= 15 is 0 Å². The number of amides is 1. The van der Waals surface area contributed by atoms with E-state index < -0.39 is 0 Å². The Labute approximate surface area is 148 Å². The van der Waals surface area contributed by atoms with Crippen LogP contribution >= 0.6 is 34.4 Å². The van der Waals surface area contributed by atoms with Gasteiger partial charge in [-0.25, -0.2) is 0 Å². The van der Waals surface area contributed by atoms with Gasteiger partial charge >= 0.3 is 0 Å². The molecule has 3 rings (SSSR count). The van der Waals surface area contributed by atoms with Gasteiger partial charge in [0.1, 0.15) is 11.0 Å². The van der Waals surface area contributed by atoms with Crippen LogP contribution in [-0.4, -0.2) is 24.0 Å². The second kappa shape index (κ2) is 6.91. The normalized spacial score (nSPS) is 17.3. The van der Waals surface area contributed by atoms with Gasteiger partial charge in [0, 0.05) is 16.4 Å². The van der Waals surface area contributed by atoms with Crippen LogP contribution in [0.2, 0.25) is 0 Å². The summed E-state index contributed by atoms with van der Waals surface area (Å²) in [4.78, 5) is 15.5. The minimum Gasteiger partial charge on any atom is -0.493 e. The minimum atomic E-state index is -0.196. The zero-order valence-electron chi connectivity index (χ0n) is 12.2. The van der Waals surface area contributed by atoms with E-state index in [0.29, 0.717) is 6.61 Å². The predicted molar refractivity (Wildman–Crippen MR) is 99.3 cm³/mol. The molecule has 0 fully saturated rings. The van der Waals surface area contributed by atoms with Gasteiger partial charge in [-0.15, -0.1) is 11.8 Å². The molecular weight excluding hydrogens is 409 g/mol. The summed E-state index contributed by atoms with van der Waals surface area (Å²) in [6.07, 6.45) is 0. The molecule has 1 aliphatic rings. The van der Waals surface area contributed by atoms with Crippen LogP contribution in [0.1, 0.15) is 10.8 Å². The quantitative estimate of drug-likeness (QED) is 0.540. The number of carbonyl (C=O) groups excluding carboxylic acids is 1. The number of fused-ring (bicyclic) bond motifs is 1. The van der Waals surface area contributed by atoms with Gasteiger partial charge in [-0.05, 0) is 29.8 Å². The van der Waals surface area contributed by atoms with Crippen molar-refractivity contribution in [3.8, 4) is 5.75 Å². The Morgan fingerprint density at radius 2 is 1.91 bits per heavy atom. The van der Waals surface area contributed by atoms with Gasteiger partial charge in [0.05, 0.1) is 12.3 Å². The van der Waals surface area contributed by atoms with Crippen LogP contribution in [0.25, 0.3) is 0 Å². The number of hydrogen-bond acceptors (Lipinski definition) is 3. The zero-order chi connectivity index (χ0) is 15.5. The van der Waals surface area contributed by atoms with E-state index in [4.69, 9.17) is 4.74 Å². The van der Waals surface area contributed by atoms with Gasteiger partial charge in [-0.2, -0.15) is 0 Å². The third-order valence-corrected chi connectivity index (χ3v) is 5.30. The fourth-order valence-electron chi connectivity index (χ4n) is 2.41. The maximum atomic E-state index is 12.6. The van der Waals surface area contributed by atoms with Crippen molar-refractivity contribution < 1.29 is 9.53 Å². The highest BCUT2D eigenvalue weighted by atomic mass is 127. The van der Waals surface area contributed by atoms with E-state index in [2.05, 4.69) is 28.7 Å². The lowest BCUT2D eigenvalue weighted by Crippen LogP contribution is -2.33. The summed E-state index contributed by atoms with van der Waals surface area (Å²) < 4.78 is 6.55. The predicted octanol–water partition coefficient (Wildman–Crippen LogP) is 4.31. The maximum absolute atomic E-state index is 12.6. The topological polar surface area (TPSA) is 29.5 Å². The van der Waals surface area contributed by atoms with Crippen molar-refractivity contribution in [2.75, 3.05) is 23.0 Å². The lowest BCUT2D eigenvalue weighted by atomic mass is 10.1. The number of thioether (sulfide) groups is 1. The van der Waals surface area contributed by atoms with E-state index in [-0.39, 0.29) is 11.2 Å². The Balaban J connectivity index is 1.84. The third-order valence-electron chi connectivity index (χ3n) is 3.56. The number of hydrogen-bond donors (Lipinski definition) is 0. The number of nitrogens with zero attached hydrogens (tertiary/aromatic N) is 1. The van der Waals surface area contributed by atoms with Gasteiger partial charge in [0.15, 0.2) is 0 Å². The molecule has 22 heavy (non-hydrogen) atoms. The molecule has 0 saturated carbocycles. The SMILES string of the molecule is CN1C(=O)C(c2ccc(OCCI)cc2)Sc2ccccc21. The average molecular weight is 425 g/mol. The highest BCUT2D eigenvalue weighted by molar-refractivity contribution is 14.1. The molecule has 114 valence electrons. The van der Waals surface area contributed by atoms with Crippen LogP contribution in [0.4, 0.5) is 5.69 Å². The first-order chi connectivity index (χ1) is 10.7. The molecule has 1 heterocycles. The number of carbonyl (C=O) groups is 1. The highest BCUT2D eigenvalue weighted by Crippen LogP contribution is 2.45. The Hall–Kier alpha value is -1.21. The van der Waals surface area contributed by atoms with Crippen molar-refractivity contribution in [2.45, 2.75) is 10.1 Å². The van der Waals surface area contributed by atoms with Crippen LogP contribution in [0.5, 0.6) is 5.75 Å². The summed E-state index contributed by atoms with van der Waals surface area (Å²) >= 11 is 3.90. The van der Waals surface area contributed by atoms with E-state index in [1.165, 1.54) is 0 Å². The number of rotatable bonds is 4. The van der Waals surface area contributed by atoms with Crippen molar-refractivity contribution in [1.29, 1.82) is 0 Å². The Morgan fingerprint density at radius 1 is 1.18 bits per heavy atom. The molecule has 2 aromatic carbocycles. The molecule has 2 aromatic rings. The van der Waals surface area contributed by atoms with E-state index in [1.807, 2.05) is 49.5 Å². The summed E-state index contributed by atoms with van der Waals surface area (Å²) in [5, 5.41) is -0.196. The monoisotopic (exact) mass is 425 g/mol. The highest BCUT2D eigenvalue weighted by Gasteiger charge is 2.32. The number of likely N-dealkylation sites (N-methyl/N-ethyl adjacent to an activating group) is 1. The lowest BCUT2D eigenvalue weighted by molar-refractivity contribution is -0.118. The van der Waals surface area contributed by atoms with E-state index in [0.717, 1.165) is 26.3 Å². The van der Waals surface area contributed by atoms with E-state index in [9.17, 15) is 4.79 Å². The lowest BCUT2D eigenvalue weighted by Gasteiger charge is -2.31. The van der Waals surface area contributed by atoms with Gasteiger partial charge in [0.2, 0.25) is 5.91 Å². The van der Waals surface area contributed by atoms with Crippen LogP contribution in [-0.2, 0) is 4.79 Å². The first-order valence-corrected chi connectivity index (χ1v) is 9.43. The molecule has 0 N–H and O–H groups in total. The van der Waals surface area contributed by atoms with Gasteiger partial charge in [-0.1, -0.05) is 46.9 Å². The zero-order valence-corrected chi connectivity index (χ0v) is 15.1. The van der Waals surface area contributed by atoms with Crippen molar-refractivity contribution in [1.82, 2.24) is 0 Å². The number of alkyl halides is 1. The number of para-hydroxylation sites is 1. The summed E-state index contributed by atoms with van der Waals surface area (Å²) in [7, 11) is 1.84. The summed E-state index contributed by atoms with van der Waals surface area (Å²) in [6.45, 7) is 0.702. The Bertz CT molecular complexity index is 675. The van der Waals surface area contributed by atoms with Crippen LogP contribution < -0.4 is 9.64 Å². The summed E-state index contributed by atoms with van der Waals surface area (Å²) in [5.41, 5.74) is 1.99. The molecule has 5 heteroatoms. The molecule has 1 amide bonds. The average Bonchev–Trinajstić information content (AvgIpc) is 2.57. The van der Waals surface area contributed by atoms with Crippen molar-refractivity contribution in [2.24, 2.45) is 0 Å². The minimum absolute atomic E-state index is 0.115. The smallest absolute Gasteiger partial charge is 0.244 e. The number of anilines is 1. The third kappa shape index (κ3) is 3.10. The summed E-state index contributed by atoms with van der Waals surface area (Å²) in [5.74, 6) is 0.965. The van der Waals surface area contributed by atoms with Crippen molar-refractivity contribution in [3.05, 3.63) is 54.1 Å². The molecule has 1 unspecified atom stereocenters. The fraction of sp³-hybridized carbons (Fsp3) is 0.235. The maximum Gasteiger partial charge on any atom is 0.244 e. The first kappa shape index (κ1) is 15.7. The van der Waals surface area contributed by atoms with Crippen LogP contribution in [0, 0.1) is 0 Å². The molecule has 3 nitrogen and oxygen atoms in total. The number of benzene rings is 2. The second-order valence-corrected chi connectivity index (χ2v) is 7.20. The van der Waals surface area contributed by atoms with Crippen molar-refractivity contribution >= 4 is 45.9 Å². The van der Waals surface area contributed by atoms with Crippen LogP contribution in [0.15, 0.2) is 53.4 Å². The molecule has 0 aliphatic carbocycles. The standard InChI is InChI=1S/C17H16INO2S/c1-19-14-4-2-3-5-15(14)22-16(17(19)20)12-6-8-13(9-7-12)21-11-10-18/h2-9,16H,10-11H2,1H3. The number of halogens is 1. The molecule has 1 atom stereocenters. The van der Waals surface area contributed by atoms with Crippen molar-refractivity contribution in [3.63, 3.8) is 0 Å². The Kier molecular flexibility index (Phi) is 4.93. The first-order valence-electron chi connectivity index (χ1n) is 7.02. The molecule has 0 spiro atoms. The molecule has 1 aliphatic heterocycles. The second-order valence-electron chi connectivity index (χ2n) is 4.97. The fourth-order valence-corrected chi connectivity index (χ4v) is 3.92. The molecular formula is C17H16INO2S. The number of ether oxygens (including phenoxy) is 1. The largest absolute Gasteiger partial charge is 0.493 e. The molecule has 0 aromatic heterocycles. The molecule has 0 saturated heterocycles. The molecule has 0 radical (unpaired) electrons. The van der Waals surface area contributed by atoms with E-state index in [1.54, 1.807) is 16.7 Å². The Morgan fingerprint density at radius 3 is 2.64 bits per heavy atom. The van der Waals surface area contributed by atoms with Gasteiger partial charge < -0.3 is 9.64 Å². The van der Waals surface area contributed by atoms with Gasteiger partial charge in [-0.3, -0.25) is 4.79 Å². The summed E-state index contributed by atoms with van der Waals surface area (Å²) in [6, 6.07) is 15.9. The van der Waals surface area contributed by atoms with Crippen LogP contribution in [0.3, 0.4) is 0 Å².